The van der Waals surface area contributed by atoms with Crippen LogP contribution < -0.4 is 10.1 Å². The van der Waals surface area contributed by atoms with Crippen molar-refractivity contribution in [2.45, 2.75) is 6.42 Å². The van der Waals surface area contributed by atoms with Gasteiger partial charge in [0.2, 0.25) is 5.91 Å². The molecule has 0 saturated heterocycles. The summed E-state index contributed by atoms with van der Waals surface area (Å²) in [6, 6.07) is 13.0. The molecule has 0 spiro atoms. The molecule has 116 valence electrons. The van der Waals surface area contributed by atoms with Crippen LogP contribution in [0.25, 0.3) is 5.82 Å². The highest BCUT2D eigenvalue weighted by molar-refractivity contribution is 5.90. The number of pyridine rings is 1. The van der Waals surface area contributed by atoms with E-state index in [0.717, 1.165) is 11.6 Å². The van der Waals surface area contributed by atoms with Crippen molar-refractivity contribution in [2.75, 3.05) is 11.9 Å². The number of amides is 1. The average molecular weight is 308 g/mol. The molecular formula is C17H16N4O2. The van der Waals surface area contributed by atoms with Gasteiger partial charge in [0, 0.05) is 12.4 Å². The lowest BCUT2D eigenvalue weighted by Crippen LogP contribution is -2.15. The molecular weight excluding hydrogens is 292 g/mol. The van der Waals surface area contributed by atoms with Crippen molar-refractivity contribution < 1.29 is 9.53 Å². The lowest BCUT2D eigenvalue weighted by atomic mass is 10.3. The second-order valence-electron chi connectivity index (χ2n) is 4.83. The zero-order valence-electron chi connectivity index (χ0n) is 12.4. The minimum absolute atomic E-state index is 0.113. The number of ether oxygens (including phenoxy) is 1. The van der Waals surface area contributed by atoms with Crippen molar-refractivity contribution in [3.05, 3.63) is 67.4 Å². The van der Waals surface area contributed by atoms with E-state index in [9.17, 15) is 4.79 Å². The summed E-state index contributed by atoms with van der Waals surface area (Å²) < 4.78 is 7.29. The zero-order chi connectivity index (χ0) is 15.9. The molecule has 23 heavy (non-hydrogen) atoms. The fraction of sp³-hybridized carbons (Fsp3) is 0.118. The van der Waals surface area contributed by atoms with Crippen LogP contribution in [0.2, 0.25) is 0 Å². The maximum absolute atomic E-state index is 11.9. The van der Waals surface area contributed by atoms with Crippen molar-refractivity contribution in [1.82, 2.24) is 14.5 Å². The first-order valence-corrected chi connectivity index (χ1v) is 7.23. The van der Waals surface area contributed by atoms with Gasteiger partial charge in [0.1, 0.15) is 17.9 Å². The summed E-state index contributed by atoms with van der Waals surface area (Å²) in [5.41, 5.74) is 0.651. The first-order valence-electron chi connectivity index (χ1n) is 7.23. The van der Waals surface area contributed by atoms with E-state index >= 15 is 0 Å². The number of hydrogen-bond donors (Lipinski definition) is 1. The third-order valence-corrected chi connectivity index (χ3v) is 3.14. The van der Waals surface area contributed by atoms with E-state index < -0.39 is 0 Å². The Kier molecular flexibility index (Phi) is 4.63. The smallest absolute Gasteiger partial charge is 0.227 e. The van der Waals surface area contributed by atoms with Crippen LogP contribution in [0.1, 0.15) is 6.42 Å². The molecule has 0 bridgehead atoms. The van der Waals surface area contributed by atoms with Gasteiger partial charge in [-0.05, 0) is 24.3 Å². The number of carbonyl (C=O) groups is 1. The number of imidazole rings is 1. The highest BCUT2D eigenvalue weighted by Gasteiger charge is 2.04. The maximum Gasteiger partial charge on any atom is 0.227 e. The van der Waals surface area contributed by atoms with Gasteiger partial charge in [0.05, 0.1) is 24.9 Å². The van der Waals surface area contributed by atoms with E-state index in [1.165, 1.54) is 0 Å². The molecule has 1 amide bonds. The quantitative estimate of drug-likeness (QED) is 0.760. The molecule has 1 aromatic carbocycles. The molecule has 3 aromatic rings. The van der Waals surface area contributed by atoms with Gasteiger partial charge >= 0.3 is 0 Å². The number of rotatable bonds is 6. The third-order valence-electron chi connectivity index (χ3n) is 3.14. The van der Waals surface area contributed by atoms with Crippen LogP contribution in [0, 0.1) is 0 Å². The van der Waals surface area contributed by atoms with E-state index in [-0.39, 0.29) is 12.3 Å². The molecule has 0 saturated carbocycles. The van der Waals surface area contributed by atoms with Gasteiger partial charge in [-0.15, -0.1) is 0 Å². The predicted molar refractivity (Wildman–Crippen MR) is 86.5 cm³/mol. The summed E-state index contributed by atoms with van der Waals surface area (Å²) in [7, 11) is 0. The number of aromatic nitrogens is 3. The van der Waals surface area contributed by atoms with Gasteiger partial charge in [0.15, 0.2) is 0 Å². The number of nitrogens with zero attached hydrogens (tertiary/aromatic N) is 3. The number of nitrogens with one attached hydrogen (secondary N) is 1. The number of para-hydroxylation sites is 1. The SMILES string of the molecule is O=C(CCOc1ccccc1)Nc1ccc(-n2ccnc2)nc1. The Hall–Kier alpha value is -3.15. The molecule has 2 heterocycles. The topological polar surface area (TPSA) is 69.0 Å². The zero-order valence-corrected chi connectivity index (χ0v) is 12.4. The highest BCUT2D eigenvalue weighted by atomic mass is 16.5. The van der Waals surface area contributed by atoms with E-state index in [1.54, 1.807) is 29.4 Å². The minimum Gasteiger partial charge on any atom is -0.493 e. The van der Waals surface area contributed by atoms with Crippen LogP contribution in [0.5, 0.6) is 5.75 Å². The first kappa shape index (κ1) is 14.8. The van der Waals surface area contributed by atoms with Crippen LogP contribution in [0.4, 0.5) is 5.69 Å². The molecule has 2 aromatic heterocycles. The fourth-order valence-corrected chi connectivity index (χ4v) is 2.01. The summed E-state index contributed by atoms with van der Waals surface area (Å²) in [5, 5.41) is 2.79. The lowest BCUT2D eigenvalue weighted by molar-refractivity contribution is -0.116. The predicted octanol–water partition coefficient (Wildman–Crippen LogP) is 2.67. The van der Waals surface area contributed by atoms with Gasteiger partial charge in [-0.3, -0.25) is 9.36 Å². The number of anilines is 1. The summed E-state index contributed by atoms with van der Waals surface area (Å²) >= 11 is 0. The van der Waals surface area contributed by atoms with E-state index in [0.29, 0.717) is 12.3 Å². The molecule has 6 heteroatoms. The average Bonchev–Trinajstić information content (AvgIpc) is 3.11. The van der Waals surface area contributed by atoms with Crippen LogP contribution in [-0.2, 0) is 4.79 Å². The number of benzene rings is 1. The fourth-order valence-electron chi connectivity index (χ4n) is 2.01. The molecule has 1 N–H and O–H groups in total. The highest BCUT2D eigenvalue weighted by Crippen LogP contribution is 2.11. The standard InChI is InChI=1S/C17H16N4O2/c22-17(8-11-23-15-4-2-1-3-5-15)20-14-6-7-16(19-12-14)21-10-9-18-13-21/h1-7,9-10,12-13H,8,11H2,(H,20,22). The lowest BCUT2D eigenvalue weighted by Gasteiger charge is -2.08. The van der Waals surface area contributed by atoms with E-state index in [4.69, 9.17) is 4.74 Å². The Labute approximate surface area is 133 Å². The Morgan fingerprint density at radius 1 is 1.17 bits per heavy atom. The molecule has 0 radical (unpaired) electrons. The second kappa shape index (κ2) is 7.22. The molecule has 3 rings (SSSR count). The van der Waals surface area contributed by atoms with Crippen molar-refractivity contribution in [3.63, 3.8) is 0 Å². The van der Waals surface area contributed by atoms with Crippen molar-refractivity contribution >= 4 is 11.6 Å². The van der Waals surface area contributed by atoms with Gasteiger partial charge in [0.25, 0.3) is 0 Å². The van der Waals surface area contributed by atoms with Crippen molar-refractivity contribution in [1.29, 1.82) is 0 Å². The Balaban J connectivity index is 1.48. The largest absolute Gasteiger partial charge is 0.493 e. The molecule has 0 aliphatic carbocycles. The molecule has 0 unspecified atom stereocenters. The number of hydrogen-bond acceptors (Lipinski definition) is 4. The first-order chi connectivity index (χ1) is 11.3. The molecule has 0 atom stereocenters. The number of carbonyl (C=O) groups excluding carboxylic acids is 1. The molecule has 6 nitrogen and oxygen atoms in total. The summed E-state index contributed by atoms with van der Waals surface area (Å²) in [6.07, 6.45) is 7.05. The van der Waals surface area contributed by atoms with Crippen molar-refractivity contribution in [3.8, 4) is 11.6 Å². The van der Waals surface area contributed by atoms with Gasteiger partial charge < -0.3 is 10.1 Å². The van der Waals surface area contributed by atoms with E-state index in [2.05, 4.69) is 15.3 Å². The second-order valence-corrected chi connectivity index (χ2v) is 4.83. The van der Waals surface area contributed by atoms with Crippen LogP contribution in [0.15, 0.2) is 67.4 Å². The molecule has 0 aliphatic rings. The normalized spacial score (nSPS) is 10.3. The van der Waals surface area contributed by atoms with E-state index in [1.807, 2.05) is 42.6 Å². The molecule has 0 fully saturated rings. The van der Waals surface area contributed by atoms with Crippen LogP contribution >= 0.6 is 0 Å². The van der Waals surface area contributed by atoms with Gasteiger partial charge in [-0.2, -0.15) is 0 Å². The summed E-state index contributed by atoms with van der Waals surface area (Å²) in [6.45, 7) is 0.330. The molecule has 0 aliphatic heterocycles. The van der Waals surface area contributed by atoms with Crippen molar-refractivity contribution in [2.24, 2.45) is 0 Å². The third kappa shape index (κ3) is 4.16. The minimum atomic E-state index is -0.113. The summed E-state index contributed by atoms with van der Waals surface area (Å²) in [4.78, 5) is 20.1. The van der Waals surface area contributed by atoms with Gasteiger partial charge in [-0.1, -0.05) is 18.2 Å². The Bertz CT molecular complexity index is 740. The van der Waals surface area contributed by atoms with Crippen LogP contribution in [-0.4, -0.2) is 27.0 Å². The van der Waals surface area contributed by atoms with Crippen LogP contribution in [0.3, 0.4) is 0 Å². The monoisotopic (exact) mass is 308 g/mol. The summed E-state index contributed by atoms with van der Waals surface area (Å²) in [5.74, 6) is 1.39. The Morgan fingerprint density at radius 3 is 2.74 bits per heavy atom. The maximum atomic E-state index is 11.9. The Morgan fingerprint density at radius 2 is 2.04 bits per heavy atom. The van der Waals surface area contributed by atoms with Gasteiger partial charge in [-0.25, -0.2) is 9.97 Å².